The van der Waals surface area contributed by atoms with Crippen LogP contribution in [0.3, 0.4) is 0 Å². The summed E-state index contributed by atoms with van der Waals surface area (Å²) in [5, 5.41) is 0. The molecule has 3 heteroatoms. The first-order valence-corrected chi connectivity index (χ1v) is 5.30. The fourth-order valence-electron chi connectivity index (χ4n) is 2.18. The Hall–Kier alpha value is -1.35. The van der Waals surface area contributed by atoms with E-state index >= 15 is 0 Å². The van der Waals surface area contributed by atoms with Gasteiger partial charge in [0.05, 0.1) is 0 Å². The van der Waals surface area contributed by atoms with Crippen LogP contribution in [0.1, 0.15) is 17.7 Å². The van der Waals surface area contributed by atoms with Crippen molar-refractivity contribution in [2.24, 2.45) is 5.73 Å². The normalized spacial score (nSPS) is 19.7. The van der Waals surface area contributed by atoms with Crippen molar-refractivity contribution in [3.63, 3.8) is 0 Å². The van der Waals surface area contributed by atoms with Gasteiger partial charge in [0, 0.05) is 24.3 Å². The summed E-state index contributed by atoms with van der Waals surface area (Å²) in [6.07, 6.45) is 4.51. The molecule has 1 atom stereocenters. The lowest BCUT2D eigenvalue weighted by Crippen LogP contribution is -2.33. The predicted molar refractivity (Wildman–Crippen MR) is 60.9 cm³/mol. The van der Waals surface area contributed by atoms with Gasteiger partial charge in [-0.25, -0.2) is 0 Å². The van der Waals surface area contributed by atoms with Crippen molar-refractivity contribution in [2.75, 3.05) is 0 Å². The maximum atomic E-state index is 11.6. The number of aromatic nitrogens is 1. The third-order valence-corrected chi connectivity index (χ3v) is 2.94. The number of pyridine rings is 1. The van der Waals surface area contributed by atoms with Crippen molar-refractivity contribution >= 4 is 0 Å². The highest BCUT2D eigenvalue weighted by molar-refractivity contribution is 5.25. The first kappa shape index (κ1) is 10.2. The number of hydrogen-bond donors (Lipinski definition) is 1. The zero-order valence-corrected chi connectivity index (χ0v) is 8.78. The number of nitrogens with zero attached hydrogens (tertiary/aromatic N) is 1. The van der Waals surface area contributed by atoms with Crippen LogP contribution >= 0.6 is 0 Å². The van der Waals surface area contributed by atoms with Gasteiger partial charge in [-0.3, -0.25) is 4.79 Å². The van der Waals surface area contributed by atoms with E-state index in [1.165, 1.54) is 5.56 Å². The van der Waals surface area contributed by atoms with E-state index in [1.54, 1.807) is 16.7 Å². The number of fused-ring (bicyclic) bond motifs is 1. The fraction of sp³-hybridized carbons (Fsp3) is 0.417. The molecule has 1 aromatic heterocycles. The van der Waals surface area contributed by atoms with Crippen LogP contribution in [-0.4, -0.2) is 10.6 Å². The Morgan fingerprint density at radius 2 is 2.40 bits per heavy atom. The molecule has 3 nitrogen and oxygen atoms in total. The van der Waals surface area contributed by atoms with Gasteiger partial charge in [-0.15, -0.1) is 6.58 Å². The molecule has 1 aromatic rings. The quantitative estimate of drug-likeness (QED) is 0.726. The summed E-state index contributed by atoms with van der Waals surface area (Å²) in [4.78, 5) is 11.6. The van der Waals surface area contributed by atoms with Gasteiger partial charge in [0.25, 0.3) is 5.56 Å². The van der Waals surface area contributed by atoms with Crippen LogP contribution in [0.15, 0.2) is 29.6 Å². The second-order valence-electron chi connectivity index (χ2n) is 4.05. The molecule has 0 aliphatic heterocycles. The highest BCUT2D eigenvalue weighted by atomic mass is 16.1. The number of hydrogen-bond acceptors (Lipinski definition) is 2. The molecule has 0 radical (unpaired) electrons. The van der Waals surface area contributed by atoms with E-state index in [9.17, 15) is 4.79 Å². The monoisotopic (exact) mass is 204 g/mol. The van der Waals surface area contributed by atoms with Crippen molar-refractivity contribution in [1.82, 2.24) is 4.57 Å². The lowest BCUT2D eigenvalue weighted by Gasteiger charge is -2.24. The van der Waals surface area contributed by atoms with E-state index in [0.717, 1.165) is 25.0 Å². The molecule has 2 N–H and O–H groups in total. The molecule has 0 saturated heterocycles. The van der Waals surface area contributed by atoms with Gasteiger partial charge < -0.3 is 10.3 Å². The zero-order chi connectivity index (χ0) is 10.8. The van der Waals surface area contributed by atoms with Crippen LogP contribution in [0.4, 0.5) is 0 Å². The Morgan fingerprint density at radius 1 is 1.60 bits per heavy atom. The third kappa shape index (κ3) is 1.88. The average molecular weight is 204 g/mol. The van der Waals surface area contributed by atoms with Crippen LogP contribution in [0, 0.1) is 0 Å². The van der Waals surface area contributed by atoms with Gasteiger partial charge in [-0.05, 0) is 24.8 Å². The first-order valence-electron chi connectivity index (χ1n) is 5.30. The van der Waals surface area contributed by atoms with Crippen LogP contribution in [-0.2, 0) is 19.4 Å². The van der Waals surface area contributed by atoms with Gasteiger partial charge in [-0.2, -0.15) is 0 Å². The molecule has 0 spiro atoms. The minimum atomic E-state index is 0.0594. The minimum Gasteiger partial charge on any atom is -0.327 e. The Labute approximate surface area is 89.2 Å². The zero-order valence-electron chi connectivity index (χ0n) is 8.78. The van der Waals surface area contributed by atoms with Gasteiger partial charge >= 0.3 is 0 Å². The number of allylic oxidation sites excluding steroid dienone is 1. The minimum absolute atomic E-state index is 0.0594. The smallest absolute Gasteiger partial charge is 0.251 e. The lowest BCUT2D eigenvalue weighted by atomic mass is 9.92. The molecule has 15 heavy (non-hydrogen) atoms. The largest absolute Gasteiger partial charge is 0.327 e. The summed E-state index contributed by atoms with van der Waals surface area (Å²) in [6, 6.07) is 3.78. The number of nitrogens with two attached hydrogens (primary N) is 1. The van der Waals surface area contributed by atoms with Gasteiger partial charge in [0.15, 0.2) is 0 Å². The molecule has 1 heterocycles. The van der Waals surface area contributed by atoms with Crippen LogP contribution < -0.4 is 11.3 Å². The SMILES string of the molecule is C=CCn1c2c(ccc1=O)CC(N)CC2. The standard InChI is InChI=1S/C12H16N2O/c1-2-7-14-11-5-4-10(13)8-9(11)3-6-12(14)15/h2-3,6,10H,1,4-5,7-8,13H2. The molecule has 1 unspecified atom stereocenters. The second kappa shape index (κ2) is 4.03. The fourth-order valence-corrected chi connectivity index (χ4v) is 2.18. The van der Waals surface area contributed by atoms with E-state index < -0.39 is 0 Å². The summed E-state index contributed by atoms with van der Waals surface area (Å²) >= 11 is 0. The van der Waals surface area contributed by atoms with E-state index in [1.807, 2.05) is 6.07 Å². The van der Waals surface area contributed by atoms with Crippen LogP contribution in [0.25, 0.3) is 0 Å². The molecular weight excluding hydrogens is 188 g/mol. The van der Waals surface area contributed by atoms with Crippen molar-refractivity contribution in [3.05, 3.63) is 46.4 Å². The van der Waals surface area contributed by atoms with E-state index in [2.05, 4.69) is 6.58 Å². The Balaban J connectivity index is 2.50. The van der Waals surface area contributed by atoms with Crippen molar-refractivity contribution < 1.29 is 0 Å². The van der Waals surface area contributed by atoms with Crippen molar-refractivity contribution in [2.45, 2.75) is 31.8 Å². The third-order valence-electron chi connectivity index (χ3n) is 2.94. The van der Waals surface area contributed by atoms with Crippen LogP contribution in [0.5, 0.6) is 0 Å². The van der Waals surface area contributed by atoms with Gasteiger partial charge in [-0.1, -0.05) is 12.1 Å². The number of rotatable bonds is 2. The average Bonchev–Trinajstić information content (AvgIpc) is 2.22. The van der Waals surface area contributed by atoms with Crippen LogP contribution in [0.2, 0.25) is 0 Å². The summed E-state index contributed by atoms with van der Waals surface area (Å²) in [6.45, 7) is 4.27. The first-order chi connectivity index (χ1) is 7.22. The predicted octanol–water partition coefficient (Wildman–Crippen LogP) is 0.850. The molecule has 1 aliphatic rings. The summed E-state index contributed by atoms with van der Waals surface area (Å²) in [5.74, 6) is 0. The summed E-state index contributed by atoms with van der Waals surface area (Å²) in [7, 11) is 0. The Morgan fingerprint density at radius 3 is 3.13 bits per heavy atom. The maximum absolute atomic E-state index is 11.6. The molecule has 0 bridgehead atoms. The molecule has 0 fully saturated rings. The van der Waals surface area contributed by atoms with E-state index in [4.69, 9.17) is 5.73 Å². The maximum Gasteiger partial charge on any atom is 0.251 e. The molecule has 80 valence electrons. The molecule has 0 saturated carbocycles. The molecule has 1 aliphatic carbocycles. The van der Waals surface area contributed by atoms with Crippen molar-refractivity contribution in [3.8, 4) is 0 Å². The van der Waals surface area contributed by atoms with Crippen molar-refractivity contribution in [1.29, 1.82) is 0 Å². The molecule has 0 aromatic carbocycles. The Bertz CT molecular complexity index is 434. The molecular formula is C12H16N2O. The molecule has 2 rings (SSSR count). The lowest BCUT2D eigenvalue weighted by molar-refractivity contribution is 0.538. The van der Waals surface area contributed by atoms with Gasteiger partial charge in [0.1, 0.15) is 0 Å². The van der Waals surface area contributed by atoms with Gasteiger partial charge in [0.2, 0.25) is 0 Å². The van der Waals surface area contributed by atoms with E-state index in [0.29, 0.717) is 6.54 Å². The van der Waals surface area contributed by atoms with E-state index in [-0.39, 0.29) is 11.6 Å². The molecule has 0 amide bonds. The summed E-state index contributed by atoms with van der Waals surface area (Å²) in [5.41, 5.74) is 8.32. The Kier molecular flexibility index (Phi) is 2.73. The summed E-state index contributed by atoms with van der Waals surface area (Å²) < 4.78 is 1.80. The highest BCUT2D eigenvalue weighted by Gasteiger charge is 2.18. The highest BCUT2D eigenvalue weighted by Crippen LogP contribution is 2.18. The topological polar surface area (TPSA) is 48.0 Å². The second-order valence-corrected chi connectivity index (χ2v) is 4.05.